The van der Waals surface area contributed by atoms with E-state index in [9.17, 15) is 0 Å². The molecule has 4 heteroatoms. The number of hydrogen-bond acceptors (Lipinski definition) is 1. The SMILES string of the molecule is C=C(Br)CNC(=S)N(C)Cc1ccccc1. The number of hydrogen-bond donors (Lipinski definition) is 1. The van der Waals surface area contributed by atoms with Crippen LogP contribution in [0.3, 0.4) is 0 Å². The summed E-state index contributed by atoms with van der Waals surface area (Å²) in [4.78, 5) is 2.00. The molecule has 0 aliphatic heterocycles. The molecule has 0 atom stereocenters. The van der Waals surface area contributed by atoms with Crippen LogP contribution in [-0.2, 0) is 6.54 Å². The van der Waals surface area contributed by atoms with Crippen molar-refractivity contribution < 1.29 is 0 Å². The lowest BCUT2D eigenvalue weighted by molar-refractivity contribution is 0.492. The zero-order valence-electron chi connectivity index (χ0n) is 9.24. The summed E-state index contributed by atoms with van der Waals surface area (Å²) in [6, 6.07) is 10.2. The summed E-state index contributed by atoms with van der Waals surface area (Å²) in [5, 5.41) is 3.84. The third-order valence-corrected chi connectivity index (χ3v) is 2.78. The quantitative estimate of drug-likeness (QED) is 0.861. The van der Waals surface area contributed by atoms with Crippen molar-refractivity contribution in [1.29, 1.82) is 0 Å². The van der Waals surface area contributed by atoms with E-state index in [-0.39, 0.29) is 0 Å². The molecule has 1 aromatic rings. The number of benzene rings is 1. The molecule has 0 saturated heterocycles. The van der Waals surface area contributed by atoms with Gasteiger partial charge in [-0.3, -0.25) is 0 Å². The predicted octanol–water partition coefficient (Wildman–Crippen LogP) is 2.90. The van der Waals surface area contributed by atoms with Gasteiger partial charge in [0.05, 0.1) is 0 Å². The molecule has 0 heterocycles. The van der Waals surface area contributed by atoms with Crippen molar-refractivity contribution in [2.45, 2.75) is 6.54 Å². The molecule has 0 spiro atoms. The maximum absolute atomic E-state index is 5.25. The van der Waals surface area contributed by atoms with Gasteiger partial charge in [0.25, 0.3) is 0 Å². The number of halogens is 1. The number of nitrogens with zero attached hydrogens (tertiary/aromatic N) is 1. The summed E-state index contributed by atoms with van der Waals surface area (Å²) in [7, 11) is 1.97. The van der Waals surface area contributed by atoms with Crippen molar-refractivity contribution in [3.8, 4) is 0 Å². The van der Waals surface area contributed by atoms with Gasteiger partial charge in [-0.1, -0.05) is 52.8 Å². The van der Waals surface area contributed by atoms with Gasteiger partial charge in [-0.2, -0.15) is 0 Å². The topological polar surface area (TPSA) is 15.3 Å². The minimum atomic E-state index is 0.651. The molecular formula is C12H15BrN2S. The normalized spacial score (nSPS) is 9.62. The van der Waals surface area contributed by atoms with Crippen LogP contribution in [0, 0.1) is 0 Å². The summed E-state index contributed by atoms with van der Waals surface area (Å²) in [5.74, 6) is 0. The van der Waals surface area contributed by atoms with Gasteiger partial charge in [0, 0.05) is 24.6 Å². The molecule has 0 unspecified atom stereocenters. The Balaban J connectivity index is 2.43. The van der Waals surface area contributed by atoms with E-state index >= 15 is 0 Å². The molecule has 1 N–H and O–H groups in total. The lowest BCUT2D eigenvalue weighted by Crippen LogP contribution is -2.37. The van der Waals surface area contributed by atoms with E-state index in [4.69, 9.17) is 12.2 Å². The lowest BCUT2D eigenvalue weighted by atomic mass is 10.2. The fourth-order valence-electron chi connectivity index (χ4n) is 1.24. The molecule has 0 fully saturated rings. The van der Waals surface area contributed by atoms with Crippen molar-refractivity contribution in [3.63, 3.8) is 0 Å². The Labute approximate surface area is 110 Å². The molecule has 1 aromatic carbocycles. The van der Waals surface area contributed by atoms with E-state index in [1.165, 1.54) is 5.56 Å². The molecule has 0 aliphatic rings. The van der Waals surface area contributed by atoms with Gasteiger partial charge in [0.2, 0.25) is 0 Å². The Morgan fingerprint density at radius 1 is 1.44 bits per heavy atom. The van der Waals surface area contributed by atoms with Crippen LogP contribution >= 0.6 is 28.1 Å². The van der Waals surface area contributed by atoms with E-state index in [0.717, 1.165) is 16.1 Å². The predicted molar refractivity (Wildman–Crippen MR) is 76.6 cm³/mol. The Morgan fingerprint density at radius 3 is 2.62 bits per heavy atom. The second-order valence-corrected chi connectivity index (χ2v) is 5.03. The van der Waals surface area contributed by atoms with Crippen LogP contribution in [0.1, 0.15) is 5.56 Å². The molecule has 16 heavy (non-hydrogen) atoms. The Kier molecular flexibility index (Phi) is 5.49. The maximum Gasteiger partial charge on any atom is 0.169 e. The summed E-state index contributed by atoms with van der Waals surface area (Å²) in [5.41, 5.74) is 1.24. The molecule has 0 amide bonds. The molecule has 86 valence electrons. The van der Waals surface area contributed by atoms with Crippen LogP contribution < -0.4 is 5.32 Å². The zero-order valence-corrected chi connectivity index (χ0v) is 11.6. The molecular weight excluding hydrogens is 284 g/mol. The average molecular weight is 299 g/mol. The first-order chi connectivity index (χ1) is 7.59. The highest BCUT2D eigenvalue weighted by atomic mass is 79.9. The second kappa shape index (κ2) is 6.66. The first kappa shape index (κ1) is 13.2. The Morgan fingerprint density at radius 2 is 2.06 bits per heavy atom. The fourth-order valence-corrected chi connectivity index (χ4v) is 1.51. The highest BCUT2D eigenvalue weighted by molar-refractivity contribution is 9.11. The molecule has 2 nitrogen and oxygen atoms in total. The van der Waals surface area contributed by atoms with Gasteiger partial charge in [-0.05, 0) is 17.8 Å². The van der Waals surface area contributed by atoms with E-state index < -0.39 is 0 Å². The summed E-state index contributed by atoms with van der Waals surface area (Å²) in [6.45, 7) is 5.20. The van der Waals surface area contributed by atoms with E-state index in [1.807, 2.05) is 30.1 Å². The lowest BCUT2D eigenvalue weighted by Gasteiger charge is -2.20. The molecule has 0 saturated carbocycles. The van der Waals surface area contributed by atoms with Crippen LogP contribution in [0.2, 0.25) is 0 Å². The summed E-state index contributed by atoms with van der Waals surface area (Å²) in [6.07, 6.45) is 0. The summed E-state index contributed by atoms with van der Waals surface area (Å²) >= 11 is 8.53. The number of rotatable bonds is 4. The monoisotopic (exact) mass is 298 g/mol. The van der Waals surface area contributed by atoms with Crippen LogP contribution in [0.4, 0.5) is 0 Å². The Bertz CT molecular complexity index is 365. The second-order valence-electron chi connectivity index (χ2n) is 3.52. The van der Waals surface area contributed by atoms with Crippen molar-refractivity contribution in [2.75, 3.05) is 13.6 Å². The van der Waals surface area contributed by atoms with Gasteiger partial charge < -0.3 is 10.2 Å². The minimum absolute atomic E-state index is 0.651. The molecule has 0 bridgehead atoms. The van der Waals surface area contributed by atoms with Crippen LogP contribution in [-0.4, -0.2) is 23.6 Å². The number of nitrogens with one attached hydrogen (secondary N) is 1. The third-order valence-electron chi connectivity index (χ3n) is 2.04. The van der Waals surface area contributed by atoms with Crippen molar-refractivity contribution >= 4 is 33.3 Å². The standard InChI is InChI=1S/C12H15BrN2S/c1-10(13)8-14-12(16)15(2)9-11-6-4-3-5-7-11/h3-7H,1,8-9H2,2H3,(H,14,16). The third kappa shape index (κ3) is 4.77. The van der Waals surface area contributed by atoms with Crippen LogP contribution in [0.5, 0.6) is 0 Å². The molecule has 0 radical (unpaired) electrons. The highest BCUT2D eigenvalue weighted by Gasteiger charge is 2.04. The zero-order chi connectivity index (χ0) is 12.0. The van der Waals surface area contributed by atoms with E-state index in [1.54, 1.807) is 0 Å². The minimum Gasteiger partial charge on any atom is -0.358 e. The largest absolute Gasteiger partial charge is 0.358 e. The van der Waals surface area contributed by atoms with Gasteiger partial charge >= 0.3 is 0 Å². The Hall–Kier alpha value is -0.870. The highest BCUT2D eigenvalue weighted by Crippen LogP contribution is 2.03. The smallest absolute Gasteiger partial charge is 0.169 e. The van der Waals surface area contributed by atoms with Gasteiger partial charge in [-0.25, -0.2) is 0 Å². The molecule has 0 aliphatic carbocycles. The molecule has 0 aromatic heterocycles. The fraction of sp³-hybridized carbons (Fsp3) is 0.250. The first-order valence-electron chi connectivity index (χ1n) is 4.96. The van der Waals surface area contributed by atoms with E-state index in [0.29, 0.717) is 6.54 Å². The first-order valence-corrected chi connectivity index (χ1v) is 6.16. The van der Waals surface area contributed by atoms with E-state index in [2.05, 4.69) is 40.0 Å². The van der Waals surface area contributed by atoms with Gasteiger partial charge in [0.1, 0.15) is 0 Å². The average Bonchev–Trinajstić information content (AvgIpc) is 2.27. The summed E-state index contributed by atoms with van der Waals surface area (Å²) < 4.78 is 0.892. The van der Waals surface area contributed by atoms with Crippen LogP contribution in [0.15, 0.2) is 41.4 Å². The van der Waals surface area contributed by atoms with Gasteiger partial charge in [-0.15, -0.1) is 0 Å². The van der Waals surface area contributed by atoms with Crippen molar-refractivity contribution in [1.82, 2.24) is 10.2 Å². The van der Waals surface area contributed by atoms with Crippen molar-refractivity contribution in [3.05, 3.63) is 47.0 Å². The molecule has 1 rings (SSSR count). The van der Waals surface area contributed by atoms with Crippen LogP contribution in [0.25, 0.3) is 0 Å². The van der Waals surface area contributed by atoms with Gasteiger partial charge in [0.15, 0.2) is 5.11 Å². The van der Waals surface area contributed by atoms with Crippen molar-refractivity contribution in [2.24, 2.45) is 0 Å². The number of thiocarbonyl (C=S) groups is 1. The maximum atomic E-state index is 5.25.